The summed E-state index contributed by atoms with van der Waals surface area (Å²) in [6.45, 7) is 3.18. The van der Waals surface area contributed by atoms with Gasteiger partial charge in [0.1, 0.15) is 0 Å². The topological polar surface area (TPSA) is 38.5 Å². The Bertz CT molecular complexity index is 301. The van der Waals surface area contributed by atoms with Crippen molar-refractivity contribution in [3.05, 3.63) is 0 Å². The average molecular weight is 280 g/mol. The summed E-state index contributed by atoms with van der Waals surface area (Å²) >= 11 is 0. The molecule has 3 aliphatic rings. The van der Waals surface area contributed by atoms with Crippen molar-refractivity contribution >= 4 is 0 Å². The Morgan fingerprint density at radius 2 is 1.75 bits per heavy atom. The fraction of sp³-hybridized carbons (Fsp3) is 1.00. The Kier molecular flexibility index (Phi) is 5.00. The molecule has 3 heteroatoms. The molecule has 116 valence electrons. The maximum absolute atomic E-state index is 6.54. The lowest BCUT2D eigenvalue weighted by atomic mass is 9.83. The van der Waals surface area contributed by atoms with E-state index in [4.69, 9.17) is 10.5 Å². The van der Waals surface area contributed by atoms with Crippen molar-refractivity contribution in [2.75, 3.05) is 19.6 Å². The second-order valence-electron chi connectivity index (χ2n) is 7.26. The zero-order valence-electron chi connectivity index (χ0n) is 13.0. The third-order valence-corrected chi connectivity index (χ3v) is 5.81. The van der Waals surface area contributed by atoms with Crippen LogP contribution in [0.2, 0.25) is 0 Å². The van der Waals surface area contributed by atoms with Gasteiger partial charge in [-0.25, -0.2) is 0 Å². The molecule has 2 atom stereocenters. The van der Waals surface area contributed by atoms with E-state index in [-0.39, 0.29) is 5.60 Å². The van der Waals surface area contributed by atoms with Crippen LogP contribution in [0.25, 0.3) is 0 Å². The molecule has 0 aromatic heterocycles. The molecule has 1 saturated carbocycles. The van der Waals surface area contributed by atoms with E-state index in [9.17, 15) is 0 Å². The number of hydrogen-bond acceptors (Lipinski definition) is 3. The Labute approximate surface area is 124 Å². The van der Waals surface area contributed by atoms with Gasteiger partial charge in [-0.05, 0) is 45.1 Å². The van der Waals surface area contributed by atoms with E-state index in [1.165, 1.54) is 77.2 Å². The fourth-order valence-electron chi connectivity index (χ4n) is 4.59. The van der Waals surface area contributed by atoms with Crippen molar-refractivity contribution in [2.45, 2.75) is 88.4 Å². The van der Waals surface area contributed by atoms with Crippen LogP contribution in [-0.4, -0.2) is 42.3 Å². The first kappa shape index (κ1) is 14.8. The van der Waals surface area contributed by atoms with Gasteiger partial charge in [0.15, 0.2) is 0 Å². The molecule has 3 fully saturated rings. The van der Waals surface area contributed by atoms with Gasteiger partial charge in [-0.1, -0.05) is 32.1 Å². The minimum Gasteiger partial charge on any atom is -0.370 e. The summed E-state index contributed by atoms with van der Waals surface area (Å²) in [5.74, 6) is 0. The molecular weight excluding hydrogens is 248 g/mol. The molecule has 0 radical (unpaired) electrons. The third-order valence-electron chi connectivity index (χ3n) is 5.81. The van der Waals surface area contributed by atoms with Crippen LogP contribution < -0.4 is 5.73 Å². The standard InChI is InChI=1S/C17H32N2O/c18-13-15-7-3-1-6-12-19(15)14-16-8-11-17(20-16)9-4-2-5-10-17/h15-16H,1-14,18H2. The predicted octanol–water partition coefficient (Wildman–Crippen LogP) is 3.07. The first-order chi connectivity index (χ1) is 9.81. The van der Waals surface area contributed by atoms with Gasteiger partial charge in [0.25, 0.3) is 0 Å². The molecule has 2 aliphatic heterocycles. The van der Waals surface area contributed by atoms with Crippen LogP contribution in [0, 0.1) is 0 Å². The Balaban J connectivity index is 1.54. The van der Waals surface area contributed by atoms with Crippen molar-refractivity contribution in [3.63, 3.8) is 0 Å². The number of ether oxygens (including phenoxy) is 1. The first-order valence-corrected chi connectivity index (χ1v) is 8.93. The maximum Gasteiger partial charge on any atom is 0.0710 e. The van der Waals surface area contributed by atoms with Gasteiger partial charge in [-0.15, -0.1) is 0 Å². The summed E-state index contributed by atoms with van der Waals surface area (Å²) in [4.78, 5) is 2.64. The van der Waals surface area contributed by atoms with Crippen LogP contribution in [-0.2, 0) is 4.74 Å². The van der Waals surface area contributed by atoms with E-state index in [0.717, 1.165) is 13.1 Å². The molecular formula is C17H32N2O. The van der Waals surface area contributed by atoms with Gasteiger partial charge in [-0.2, -0.15) is 0 Å². The summed E-state index contributed by atoms with van der Waals surface area (Å²) < 4.78 is 6.54. The zero-order valence-corrected chi connectivity index (χ0v) is 13.0. The van der Waals surface area contributed by atoms with E-state index in [1.54, 1.807) is 0 Å². The molecule has 0 aromatic rings. The largest absolute Gasteiger partial charge is 0.370 e. The van der Waals surface area contributed by atoms with E-state index in [2.05, 4.69) is 4.90 Å². The number of nitrogens with zero attached hydrogens (tertiary/aromatic N) is 1. The number of hydrogen-bond donors (Lipinski definition) is 1. The molecule has 2 N–H and O–H groups in total. The number of rotatable bonds is 3. The van der Waals surface area contributed by atoms with Crippen LogP contribution in [0.5, 0.6) is 0 Å². The normalized spacial score (nSPS) is 35.2. The van der Waals surface area contributed by atoms with Gasteiger partial charge in [0.05, 0.1) is 11.7 Å². The number of nitrogens with two attached hydrogens (primary N) is 1. The Hall–Kier alpha value is -0.120. The zero-order chi connectivity index (χ0) is 13.8. The van der Waals surface area contributed by atoms with Crippen LogP contribution in [0.1, 0.15) is 70.6 Å². The molecule has 20 heavy (non-hydrogen) atoms. The molecule has 1 spiro atoms. The highest BCUT2D eigenvalue weighted by Gasteiger charge is 2.41. The average Bonchev–Trinajstić information content (AvgIpc) is 2.71. The van der Waals surface area contributed by atoms with Crippen LogP contribution in [0.3, 0.4) is 0 Å². The van der Waals surface area contributed by atoms with Gasteiger partial charge >= 0.3 is 0 Å². The summed E-state index contributed by atoms with van der Waals surface area (Å²) in [5, 5.41) is 0. The lowest BCUT2D eigenvalue weighted by molar-refractivity contribution is -0.0743. The second-order valence-corrected chi connectivity index (χ2v) is 7.26. The van der Waals surface area contributed by atoms with Crippen molar-refractivity contribution in [1.82, 2.24) is 4.90 Å². The number of likely N-dealkylation sites (tertiary alicyclic amines) is 1. The summed E-state index contributed by atoms with van der Waals surface area (Å²) in [5.41, 5.74) is 6.26. The van der Waals surface area contributed by atoms with Gasteiger partial charge in [-0.3, -0.25) is 4.90 Å². The molecule has 3 nitrogen and oxygen atoms in total. The monoisotopic (exact) mass is 280 g/mol. The van der Waals surface area contributed by atoms with Crippen molar-refractivity contribution in [1.29, 1.82) is 0 Å². The molecule has 0 amide bonds. The molecule has 2 heterocycles. The second kappa shape index (κ2) is 6.76. The molecule has 1 aliphatic carbocycles. The fourth-order valence-corrected chi connectivity index (χ4v) is 4.59. The first-order valence-electron chi connectivity index (χ1n) is 8.93. The van der Waals surface area contributed by atoms with Crippen molar-refractivity contribution < 1.29 is 4.74 Å². The van der Waals surface area contributed by atoms with Gasteiger partial charge in [0.2, 0.25) is 0 Å². The van der Waals surface area contributed by atoms with Crippen LogP contribution in [0.4, 0.5) is 0 Å². The molecule has 2 saturated heterocycles. The van der Waals surface area contributed by atoms with Gasteiger partial charge < -0.3 is 10.5 Å². The van der Waals surface area contributed by atoms with Crippen molar-refractivity contribution in [3.8, 4) is 0 Å². The lowest BCUT2D eigenvalue weighted by Crippen LogP contribution is -2.44. The highest BCUT2D eigenvalue weighted by Crippen LogP contribution is 2.42. The predicted molar refractivity (Wildman–Crippen MR) is 82.8 cm³/mol. The SMILES string of the molecule is NCC1CCCCCN1CC1CCC2(CCCCC2)O1. The minimum absolute atomic E-state index is 0.271. The Morgan fingerprint density at radius 3 is 2.55 bits per heavy atom. The van der Waals surface area contributed by atoms with Gasteiger partial charge in [0, 0.05) is 19.1 Å². The van der Waals surface area contributed by atoms with E-state index >= 15 is 0 Å². The smallest absolute Gasteiger partial charge is 0.0710 e. The quantitative estimate of drug-likeness (QED) is 0.863. The molecule has 0 bridgehead atoms. The van der Waals surface area contributed by atoms with E-state index < -0.39 is 0 Å². The molecule has 0 aromatic carbocycles. The summed E-state index contributed by atoms with van der Waals surface area (Å²) in [7, 11) is 0. The summed E-state index contributed by atoms with van der Waals surface area (Å²) in [6, 6.07) is 0.601. The molecule has 2 unspecified atom stereocenters. The van der Waals surface area contributed by atoms with Crippen molar-refractivity contribution in [2.24, 2.45) is 5.73 Å². The Morgan fingerprint density at radius 1 is 0.950 bits per heavy atom. The lowest BCUT2D eigenvalue weighted by Gasteiger charge is -2.35. The highest BCUT2D eigenvalue weighted by atomic mass is 16.5. The highest BCUT2D eigenvalue weighted by molar-refractivity contribution is 4.92. The van der Waals surface area contributed by atoms with Crippen LogP contribution in [0.15, 0.2) is 0 Å². The minimum atomic E-state index is 0.271. The van der Waals surface area contributed by atoms with E-state index in [0.29, 0.717) is 12.1 Å². The molecule has 3 rings (SSSR count). The third kappa shape index (κ3) is 3.37. The summed E-state index contributed by atoms with van der Waals surface area (Å²) in [6.07, 6.45) is 15.2. The van der Waals surface area contributed by atoms with Crippen LogP contribution >= 0.6 is 0 Å². The maximum atomic E-state index is 6.54. The van der Waals surface area contributed by atoms with E-state index in [1.807, 2.05) is 0 Å².